The molecule has 5 rings (SSSR count). The summed E-state index contributed by atoms with van der Waals surface area (Å²) >= 11 is 0. The summed E-state index contributed by atoms with van der Waals surface area (Å²) in [5.74, 6) is 1.58. The average molecular weight is 415 g/mol. The van der Waals surface area contributed by atoms with Crippen molar-refractivity contribution < 1.29 is 9.13 Å². The van der Waals surface area contributed by atoms with Crippen LogP contribution in [0.3, 0.4) is 0 Å². The minimum atomic E-state index is -1.60. The van der Waals surface area contributed by atoms with Crippen molar-refractivity contribution in [2.45, 2.75) is 25.6 Å². The van der Waals surface area contributed by atoms with Crippen LogP contribution in [-0.2, 0) is 12.2 Å². The minimum absolute atomic E-state index is 0.350. The highest BCUT2D eigenvalue weighted by Gasteiger charge is 2.44. The Bertz CT molecular complexity index is 1260. The molecule has 0 bridgehead atoms. The van der Waals surface area contributed by atoms with Crippen molar-refractivity contribution in [3.8, 4) is 11.4 Å². The highest BCUT2D eigenvalue weighted by Crippen LogP contribution is 2.41. The molecule has 2 aromatic heterocycles. The van der Waals surface area contributed by atoms with Crippen LogP contribution in [0.1, 0.15) is 34.9 Å². The second-order valence-corrected chi connectivity index (χ2v) is 7.62. The molecule has 156 valence electrons. The van der Waals surface area contributed by atoms with E-state index in [0.717, 1.165) is 22.7 Å². The normalized spacial score (nSPS) is 17.9. The summed E-state index contributed by atoms with van der Waals surface area (Å²) in [4.78, 5) is 8.76. The van der Waals surface area contributed by atoms with Crippen LogP contribution in [-0.4, -0.2) is 31.4 Å². The van der Waals surface area contributed by atoms with Crippen molar-refractivity contribution in [1.82, 2.24) is 24.3 Å². The van der Waals surface area contributed by atoms with Gasteiger partial charge in [-0.1, -0.05) is 42.5 Å². The first kappa shape index (κ1) is 19.2. The lowest BCUT2D eigenvalue weighted by Crippen LogP contribution is -2.19. The van der Waals surface area contributed by atoms with E-state index in [1.54, 1.807) is 36.3 Å². The molecule has 31 heavy (non-hydrogen) atoms. The van der Waals surface area contributed by atoms with Crippen LogP contribution in [0.5, 0.6) is 5.75 Å². The molecule has 2 aromatic carbocycles. The molecule has 3 heterocycles. The Labute approximate surface area is 179 Å². The number of benzene rings is 2. The predicted molar refractivity (Wildman–Crippen MR) is 117 cm³/mol. The Morgan fingerprint density at radius 3 is 2.71 bits per heavy atom. The van der Waals surface area contributed by atoms with Gasteiger partial charge in [0.05, 0.1) is 24.8 Å². The van der Waals surface area contributed by atoms with Gasteiger partial charge >= 0.3 is 0 Å². The number of aryl methyl sites for hydroxylation is 2. The quantitative estimate of drug-likeness (QED) is 0.479. The summed E-state index contributed by atoms with van der Waals surface area (Å²) < 4.78 is 24.9. The number of aromatic nitrogens is 5. The van der Waals surface area contributed by atoms with E-state index in [1.165, 1.54) is 0 Å². The number of halogens is 1. The number of imidazole rings is 1. The topological polar surface area (TPSA) is 57.8 Å². The van der Waals surface area contributed by atoms with E-state index in [1.807, 2.05) is 60.2 Å². The molecule has 0 amide bonds. The highest BCUT2D eigenvalue weighted by atomic mass is 19.1. The maximum atomic E-state index is 15.7. The van der Waals surface area contributed by atoms with Crippen LogP contribution in [0.25, 0.3) is 17.8 Å². The van der Waals surface area contributed by atoms with Gasteiger partial charge in [0.15, 0.2) is 17.3 Å². The number of hydrogen-bond donors (Lipinski definition) is 0. The lowest BCUT2D eigenvalue weighted by atomic mass is 9.94. The van der Waals surface area contributed by atoms with Gasteiger partial charge in [-0.05, 0) is 36.3 Å². The van der Waals surface area contributed by atoms with Crippen molar-refractivity contribution in [3.63, 3.8) is 0 Å². The standard InChI is InChI=1S/C24H22FN5O/c1-17-15-29(16-26-17)20-10-8-18(14-21(20)31-2)9-11-22-27-23-24(25,12-13-30(23)28-22)19-6-4-3-5-7-19/h3-11,14-16H,12-13H2,1-2H3/t24-/m0/s1. The zero-order valence-electron chi connectivity index (χ0n) is 17.4. The summed E-state index contributed by atoms with van der Waals surface area (Å²) in [7, 11) is 1.64. The Kier molecular flexibility index (Phi) is 4.66. The van der Waals surface area contributed by atoms with E-state index in [2.05, 4.69) is 15.1 Å². The number of methoxy groups -OCH3 is 1. The van der Waals surface area contributed by atoms with E-state index in [0.29, 0.717) is 30.2 Å². The molecule has 4 aromatic rings. The first-order valence-corrected chi connectivity index (χ1v) is 10.1. The van der Waals surface area contributed by atoms with Crippen molar-refractivity contribution >= 4 is 12.2 Å². The molecule has 0 spiro atoms. The van der Waals surface area contributed by atoms with Gasteiger partial charge in [0.1, 0.15) is 5.75 Å². The molecule has 0 fully saturated rings. The predicted octanol–water partition coefficient (Wildman–Crippen LogP) is 4.57. The van der Waals surface area contributed by atoms with Crippen molar-refractivity contribution in [2.75, 3.05) is 7.11 Å². The lowest BCUT2D eigenvalue weighted by Gasteiger charge is -2.17. The van der Waals surface area contributed by atoms with Gasteiger partial charge in [-0.25, -0.2) is 19.0 Å². The minimum Gasteiger partial charge on any atom is -0.495 e. The number of fused-ring (bicyclic) bond motifs is 1. The average Bonchev–Trinajstić information content (AvgIpc) is 3.50. The lowest BCUT2D eigenvalue weighted by molar-refractivity contribution is 0.217. The van der Waals surface area contributed by atoms with Crippen LogP contribution in [0, 0.1) is 6.92 Å². The number of ether oxygens (including phenoxy) is 1. The Morgan fingerprint density at radius 2 is 1.97 bits per heavy atom. The number of alkyl halides is 1. The van der Waals surface area contributed by atoms with E-state index in [-0.39, 0.29) is 0 Å². The molecule has 0 N–H and O–H groups in total. The van der Waals surface area contributed by atoms with Gasteiger partial charge in [0, 0.05) is 19.2 Å². The molecule has 0 radical (unpaired) electrons. The van der Waals surface area contributed by atoms with Gasteiger partial charge in [-0.15, -0.1) is 0 Å². The monoisotopic (exact) mass is 415 g/mol. The zero-order valence-corrected chi connectivity index (χ0v) is 17.4. The fraction of sp³-hybridized carbons (Fsp3) is 0.208. The zero-order chi connectivity index (χ0) is 21.4. The van der Waals surface area contributed by atoms with E-state index in [9.17, 15) is 0 Å². The van der Waals surface area contributed by atoms with Crippen molar-refractivity contribution in [2.24, 2.45) is 0 Å². The van der Waals surface area contributed by atoms with Crippen molar-refractivity contribution in [3.05, 3.63) is 89.5 Å². The van der Waals surface area contributed by atoms with Crippen LogP contribution in [0.4, 0.5) is 4.39 Å². The second-order valence-electron chi connectivity index (χ2n) is 7.62. The van der Waals surface area contributed by atoms with E-state index in [4.69, 9.17) is 4.74 Å². The molecule has 1 aliphatic heterocycles. The third-order valence-corrected chi connectivity index (χ3v) is 5.56. The maximum absolute atomic E-state index is 15.7. The van der Waals surface area contributed by atoms with E-state index < -0.39 is 5.67 Å². The number of rotatable bonds is 5. The molecular formula is C24H22FN5O. The SMILES string of the molecule is COc1cc(C=Cc2nc3n(n2)CC[C@]3(F)c2ccccc2)ccc1-n1cnc(C)c1. The van der Waals surface area contributed by atoms with Crippen LogP contribution < -0.4 is 4.74 Å². The fourth-order valence-corrected chi connectivity index (χ4v) is 3.96. The number of nitrogens with zero attached hydrogens (tertiary/aromatic N) is 5. The molecule has 1 aliphatic rings. The van der Waals surface area contributed by atoms with Gasteiger partial charge in [-0.2, -0.15) is 5.10 Å². The van der Waals surface area contributed by atoms with Crippen LogP contribution in [0.15, 0.2) is 61.1 Å². The first-order chi connectivity index (χ1) is 15.1. The Morgan fingerprint density at radius 1 is 1.13 bits per heavy atom. The van der Waals surface area contributed by atoms with Crippen molar-refractivity contribution in [1.29, 1.82) is 0 Å². The molecule has 6 nitrogen and oxygen atoms in total. The Hall–Kier alpha value is -3.74. The summed E-state index contributed by atoms with van der Waals surface area (Å²) in [5, 5.41) is 4.47. The molecular weight excluding hydrogens is 393 g/mol. The summed E-state index contributed by atoms with van der Waals surface area (Å²) in [6.07, 6.45) is 7.75. The maximum Gasteiger partial charge on any atom is 0.196 e. The molecule has 0 unspecified atom stereocenters. The smallest absolute Gasteiger partial charge is 0.196 e. The number of hydrogen-bond acceptors (Lipinski definition) is 4. The molecule has 7 heteroatoms. The third kappa shape index (κ3) is 3.42. The highest BCUT2D eigenvalue weighted by molar-refractivity contribution is 5.69. The molecule has 1 atom stereocenters. The molecule has 0 saturated heterocycles. The fourth-order valence-electron chi connectivity index (χ4n) is 3.96. The van der Waals surface area contributed by atoms with Gasteiger partial charge < -0.3 is 9.30 Å². The Balaban J connectivity index is 1.42. The van der Waals surface area contributed by atoms with Crippen LogP contribution in [0.2, 0.25) is 0 Å². The summed E-state index contributed by atoms with van der Waals surface area (Å²) in [6.45, 7) is 2.45. The second kappa shape index (κ2) is 7.50. The molecule has 0 saturated carbocycles. The summed E-state index contributed by atoms with van der Waals surface area (Å²) in [6, 6.07) is 15.1. The largest absolute Gasteiger partial charge is 0.495 e. The van der Waals surface area contributed by atoms with Gasteiger partial charge in [-0.3, -0.25) is 0 Å². The third-order valence-electron chi connectivity index (χ3n) is 5.56. The van der Waals surface area contributed by atoms with Crippen LogP contribution >= 0.6 is 0 Å². The van der Waals surface area contributed by atoms with Gasteiger partial charge in [0.2, 0.25) is 0 Å². The van der Waals surface area contributed by atoms with Gasteiger partial charge in [0.25, 0.3) is 0 Å². The molecule has 0 aliphatic carbocycles. The van der Waals surface area contributed by atoms with E-state index >= 15 is 4.39 Å². The first-order valence-electron chi connectivity index (χ1n) is 10.1. The summed E-state index contributed by atoms with van der Waals surface area (Å²) in [5.41, 5.74) is 1.79.